The van der Waals surface area contributed by atoms with E-state index < -0.39 is 4.92 Å². The van der Waals surface area contributed by atoms with Gasteiger partial charge >= 0.3 is 5.97 Å². The van der Waals surface area contributed by atoms with E-state index in [-0.39, 0.29) is 11.7 Å². The van der Waals surface area contributed by atoms with Gasteiger partial charge in [-0.2, -0.15) is 0 Å². The highest BCUT2D eigenvalue weighted by Gasteiger charge is 2.18. The third kappa shape index (κ3) is 4.42. The van der Waals surface area contributed by atoms with Crippen LogP contribution in [0.3, 0.4) is 0 Å². The largest absolute Gasteiger partial charge is 0.466 e. The molecule has 0 radical (unpaired) electrons. The Morgan fingerprint density at radius 2 is 1.86 bits per heavy atom. The first kappa shape index (κ1) is 16.2. The van der Waals surface area contributed by atoms with Gasteiger partial charge in [0.25, 0.3) is 5.69 Å². The number of rotatable bonds is 6. The fraction of sp³-hybridized carbons (Fsp3) is 0.533. The number of benzene rings is 1. The molecule has 120 valence electrons. The van der Waals surface area contributed by atoms with Crippen LogP contribution in [0.15, 0.2) is 24.3 Å². The van der Waals surface area contributed by atoms with Gasteiger partial charge < -0.3 is 9.64 Å². The van der Waals surface area contributed by atoms with Gasteiger partial charge in [-0.3, -0.25) is 19.8 Å². The lowest BCUT2D eigenvalue weighted by molar-refractivity contribution is -0.384. The molecule has 0 N–H and O–H groups in total. The van der Waals surface area contributed by atoms with E-state index in [1.165, 1.54) is 12.1 Å². The fourth-order valence-corrected chi connectivity index (χ4v) is 2.50. The van der Waals surface area contributed by atoms with Crippen molar-refractivity contribution in [2.24, 2.45) is 0 Å². The molecule has 22 heavy (non-hydrogen) atoms. The van der Waals surface area contributed by atoms with Crippen molar-refractivity contribution in [1.82, 2.24) is 4.90 Å². The zero-order chi connectivity index (χ0) is 15.9. The van der Waals surface area contributed by atoms with E-state index in [0.717, 1.165) is 31.9 Å². The minimum atomic E-state index is -0.392. The van der Waals surface area contributed by atoms with Crippen LogP contribution in [0, 0.1) is 10.1 Å². The quantitative estimate of drug-likeness (QED) is 0.452. The van der Waals surface area contributed by atoms with Crippen molar-refractivity contribution in [3.63, 3.8) is 0 Å². The first-order chi connectivity index (χ1) is 10.6. The van der Waals surface area contributed by atoms with Crippen LogP contribution >= 0.6 is 0 Å². The zero-order valence-electron chi connectivity index (χ0n) is 12.7. The molecule has 0 unspecified atom stereocenters. The number of nitro groups is 1. The smallest absolute Gasteiger partial charge is 0.307 e. The molecular formula is C15H21N3O4. The SMILES string of the molecule is CCOC(=O)CCN1CCN(c2ccc([N+](=O)[O-])cc2)CC1. The van der Waals surface area contributed by atoms with Crippen LogP contribution in [0.5, 0.6) is 0 Å². The van der Waals surface area contributed by atoms with E-state index in [2.05, 4.69) is 9.80 Å². The highest BCUT2D eigenvalue weighted by atomic mass is 16.6. The second kappa shape index (κ2) is 7.74. The summed E-state index contributed by atoms with van der Waals surface area (Å²) in [5.41, 5.74) is 1.10. The number of ether oxygens (including phenoxy) is 1. The third-order valence-corrected chi connectivity index (χ3v) is 3.74. The van der Waals surface area contributed by atoms with Gasteiger partial charge in [0.2, 0.25) is 0 Å². The van der Waals surface area contributed by atoms with Crippen LogP contribution in [-0.4, -0.2) is 55.1 Å². The molecule has 7 nitrogen and oxygen atoms in total. The molecule has 0 spiro atoms. The molecule has 0 saturated carbocycles. The molecule has 7 heteroatoms. The Labute approximate surface area is 129 Å². The van der Waals surface area contributed by atoms with Crippen molar-refractivity contribution in [2.45, 2.75) is 13.3 Å². The van der Waals surface area contributed by atoms with Crippen LogP contribution in [0.4, 0.5) is 11.4 Å². The summed E-state index contributed by atoms with van der Waals surface area (Å²) in [5, 5.41) is 10.7. The Morgan fingerprint density at radius 3 is 2.41 bits per heavy atom. The highest BCUT2D eigenvalue weighted by molar-refractivity contribution is 5.69. The van der Waals surface area contributed by atoms with E-state index in [1.54, 1.807) is 19.1 Å². The number of hydrogen-bond acceptors (Lipinski definition) is 6. The Bertz CT molecular complexity index is 510. The minimum Gasteiger partial charge on any atom is -0.466 e. The van der Waals surface area contributed by atoms with Gasteiger partial charge in [0, 0.05) is 50.5 Å². The van der Waals surface area contributed by atoms with Crippen LogP contribution in [-0.2, 0) is 9.53 Å². The normalized spacial score (nSPS) is 15.6. The highest BCUT2D eigenvalue weighted by Crippen LogP contribution is 2.20. The maximum Gasteiger partial charge on any atom is 0.307 e. The van der Waals surface area contributed by atoms with Gasteiger partial charge in [-0.05, 0) is 19.1 Å². The minimum absolute atomic E-state index is 0.108. The van der Waals surface area contributed by atoms with Crippen molar-refractivity contribution >= 4 is 17.3 Å². The van der Waals surface area contributed by atoms with Crippen LogP contribution in [0.1, 0.15) is 13.3 Å². The average molecular weight is 307 g/mol. The predicted octanol–water partition coefficient (Wildman–Crippen LogP) is 1.67. The first-order valence-electron chi connectivity index (χ1n) is 7.47. The summed E-state index contributed by atoms with van der Waals surface area (Å²) in [5.74, 6) is -0.153. The third-order valence-electron chi connectivity index (χ3n) is 3.74. The molecule has 1 aromatic rings. The summed E-state index contributed by atoms with van der Waals surface area (Å²) in [6.07, 6.45) is 0.422. The number of anilines is 1. The van der Waals surface area contributed by atoms with Crippen molar-refractivity contribution in [1.29, 1.82) is 0 Å². The van der Waals surface area contributed by atoms with E-state index >= 15 is 0 Å². The molecular weight excluding hydrogens is 286 g/mol. The molecule has 0 bridgehead atoms. The maximum atomic E-state index is 11.3. The van der Waals surface area contributed by atoms with Crippen molar-refractivity contribution in [2.75, 3.05) is 44.2 Å². The summed E-state index contributed by atoms with van der Waals surface area (Å²) in [6, 6.07) is 6.63. The Kier molecular flexibility index (Phi) is 5.71. The van der Waals surface area contributed by atoms with Gasteiger partial charge in [0.05, 0.1) is 18.0 Å². The van der Waals surface area contributed by atoms with Crippen molar-refractivity contribution in [3.05, 3.63) is 34.4 Å². The molecule has 1 saturated heterocycles. The Morgan fingerprint density at radius 1 is 1.23 bits per heavy atom. The van der Waals surface area contributed by atoms with Gasteiger partial charge in [-0.15, -0.1) is 0 Å². The van der Waals surface area contributed by atoms with E-state index in [1.807, 2.05) is 0 Å². The number of hydrogen-bond donors (Lipinski definition) is 0. The van der Waals surface area contributed by atoms with Crippen LogP contribution < -0.4 is 4.90 Å². The molecule has 1 aliphatic heterocycles. The van der Waals surface area contributed by atoms with Gasteiger partial charge in [0.15, 0.2) is 0 Å². The Hall–Kier alpha value is -2.15. The maximum absolute atomic E-state index is 11.3. The molecule has 0 atom stereocenters. The zero-order valence-corrected chi connectivity index (χ0v) is 12.7. The van der Waals surface area contributed by atoms with Crippen molar-refractivity contribution in [3.8, 4) is 0 Å². The first-order valence-corrected chi connectivity index (χ1v) is 7.47. The molecule has 1 heterocycles. The summed E-state index contributed by atoms with van der Waals surface area (Å²) < 4.78 is 4.92. The lowest BCUT2D eigenvalue weighted by Crippen LogP contribution is -2.47. The molecule has 0 amide bonds. The van der Waals surface area contributed by atoms with E-state index in [0.29, 0.717) is 19.6 Å². The molecule has 1 aliphatic rings. The lowest BCUT2D eigenvalue weighted by atomic mass is 10.2. The second-order valence-electron chi connectivity index (χ2n) is 5.16. The summed E-state index contributed by atoms with van der Waals surface area (Å²) in [6.45, 7) is 6.38. The summed E-state index contributed by atoms with van der Waals surface area (Å²) in [4.78, 5) is 26.0. The number of carbonyl (C=O) groups is 1. The van der Waals surface area contributed by atoms with Crippen LogP contribution in [0.2, 0.25) is 0 Å². The van der Waals surface area contributed by atoms with E-state index in [4.69, 9.17) is 4.74 Å². The topological polar surface area (TPSA) is 75.9 Å². The predicted molar refractivity (Wildman–Crippen MR) is 83.0 cm³/mol. The number of nitrogens with zero attached hydrogens (tertiary/aromatic N) is 3. The number of esters is 1. The van der Waals surface area contributed by atoms with Crippen molar-refractivity contribution < 1.29 is 14.5 Å². The van der Waals surface area contributed by atoms with Gasteiger partial charge in [-0.25, -0.2) is 0 Å². The summed E-state index contributed by atoms with van der Waals surface area (Å²) >= 11 is 0. The molecule has 0 aliphatic carbocycles. The molecule has 2 rings (SSSR count). The molecule has 1 aromatic carbocycles. The van der Waals surface area contributed by atoms with E-state index in [9.17, 15) is 14.9 Å². The monoisotopic (exact) mass is 307 g/mol. The summed E-state index contributed by atoms with van der Waals surface area (Å²) in [7, 11) is 0. The number of non-ortho nitro benzene ring substituents is 1. The van der Waals surface area contributed by atoms with Gasteiger partial charge in [-0.1, -0.05) is 0 Å². The average Bonchev–Trinajstić information content (AvgIpc) is 2.54. The number of carbonyl (C=O) groups excluding carboxylic acids is 1. The number of nitro benzene ring substituents is 1. The number of piperazine rings is 1. The molecule has 1 fully saturated rings. The lowest BCUT2D eigenvalue weighted by Gasteiger charge is -2.35. The molecule has 0 aromatic heterocycles. The van der Waals surface area contributed by atoms with Gasteiger partial charge in [0.1, 0.15) is 0 Å². The standard InChI is InChI=1S/C15H21N3O4/c1-2-22-15(19)7-8-16-9-11-17(12-10-16)13-3-5-14(6-4-13)18(20)21/h3-6H,2,7-12H2,1H3. The Balaban J connectivity index is 1.79. The van der Waals surface area contributed by atoms with Crippen LogP contribution in [0.25, 0.3) is 0 Å². The second-order valence-corrected chi connectivity index (χ2v) is 5.16. The fourth-order valence-electron chi connectivity index (χ4n) is 2.50.